The number of nitrogens with zero attached hydrogens (tertiary/aromatic N) is 5. The third-order valence-corrected chi connectivity index (χ3v) is 4.64. The monoisotopic (exact) mass is 394 g/mol. The second-order valence-corrected chi connectivity index (χ2v) is 7.81. The van der Waals surface area contributed by atoms with Crippen LogP contribution in [0.15, 0.2) is 46.3 Å². The van der Waals surface area contributed by atoms with E-state index in [0.717, 1.165) is 15.4 Å². The minimum absolute atomic E-state index is 0.0653. The molecule has 0 aliphatic rings. The van der Waals surface area contributed by atoms with Crippen molar-refractivity contribution in [3.8, 4) is 5.75 Å². The van der Waals surface area contributed by atoms with E-state index in [1.165, 1.54) is 10.7 Å². The van der Waals surface area contributed by atoms with E-state index >= 15 is 0 Å². The standard InChI is InChI=1S/C19H18N6O2S/c1-19(2,3)15-16(27)24(17-21-22-18(28)25(17)23-15)20-10-13-12-7-5-4-6-11(12)8-9-14(13)26/h4-10,26H,1-3H3,(H,22,28)/b20-10+. The molecule has 28 heavy (non-hydrogen) atoms. The van der Waals surface area contributed by atoms with Crippen LogP contribution < -0.4 is 5.56 Å². The summed E-state index contributed by atoms with van der Waals surface area (Å²) >= 11 is 5.21. The van der Waals surface area contributed by atoms with Crippen molar-refractivity contribution in [3.63, 3.8) is 0 Å². The number of fused-ring (bicyclic) bond motifs is 2. The first-order valence-electron chi connectivity index (χ1n) is 8.63. The molecule has 2 heterocycles. The van der Waals surface area contributed by atoms with Gasteiger partial charge in [-0.25, -0.2) is 5.10 Å². The molecule has 0 aliphatic carbocycles. The topological polar surface area (TPSA) is 101 Å². The van der Waals surface area contributed by atoms with E-state index in [0.29, 0.717) is 11.3 Å². The maximum atomic E-state index is 13.0. The third kappa shape index (κ3) is 2.89. The minimum Gasteiger partial charge on any atom is -0.507 e. The molecule has 4 aromatic rings. The molecule has 0 atom stereocenters. The molecule has 0 saturated heterocycles. The molecule has 0 amide bonds. The van der Waals surface area contributed by atoms with Gasteiger partial charge in [-0.2, -0.15) is 19.4 Å². The third-order valence-electron chi connectivity index (χ3n) is 4.38. The molecule has 0 unspecified atom stereocenters. The highest BCUT2D eigenvalue weighted by Gasteiger charge is 2.24. The van der Waals surface area contributed by atoms with Gasteiger partial charge in [-0.15, -0.1) is 5.10 Å². The van der Waals surface area contributed by atoms with Gasteiger partial charge in [0.05, 0.1) is 6.21 Å². The molecule has 0 saturated carbocycles. The summed E-state index contributed by atoms with van der Waals surface area (Å²) in [4.78, 5) is 13.0. The Bertz CT molecular complexity index is 1360. The van der Waals surface area contributed by atoms with Crippen molar-refractivity contribution >= 4 is 35.0 Å². The number of hydrogen-bond acceptors (Lipinski definition) is 6. The van der Waals surface area contributed by atoms with Crippen LogP contribution in [0.2, 0.25) is 0 Å². The van der Waals surface area contributed by atoms with E-state index in [1.54, 1.807) is 6.07 Å². The molecule has 0 radical (unpaired) electrons. The Labute approximate surface area is 164 Å². The molecule has 2 N–H and O–H groups in total. The van der Waals surface area contributed by atoms with Crippen LogP contribution in [0.3, 0.4) is 0 Å². The maximum Gasteiger partial charge on any atom is 0.298 e. The lowest BCUT2D eigenvalue weighted by molar-refractivity contribution is 0.475. The highest BCUT2D eigenvalue weighted by atomic mass is 32.1. The van der Waals surface area contributed by atoms with Crippen LogP contribution in [0.25, 0.3) is 16.6 Å². The van der Waals surface area contributed by atoms with E-state index in [9.17, 15) is 9.90 Å². The highest BCUT2D eigenvalue weighted by Crippen LogP contribution is 2.25. The molecular weight excluding hydrogens is 376 g/mol. The number of aromatic nitrogens is 5. The number of nitrogens with one attached hydrogen (secondary N) is 1. The average molecular weight is 394 g/mol. The molecule has 142 valence electrons. The van der Waals surface area contributed by atoms with E-state index in [4.69, 9.17) is 12.2 Å². The Kier molecular flexibility index (Phi) is 4.11. The van der Waals surface area contributed by atoms with Crippen LogP contribution in [0, 0.1) is 4.77 Å². The summed E-state index contributed by atoms with van der Waals surface area (Å²) in [6.45, 7) is 5.66. The fourth-order valence-corrected chi connectivity index (χ4v) is 3.12. The van der Waals surface area contributed by atoms with Crippen molar-refractivity contribution in [3.05, 3.63) is 62.8 Å². The van der Waals surface area contributed by atoms with Gasteiger partial charge in [0.25, 0.3) is 11.3 Å². The smallest absolute Gasteiger partial charge is 0.298 e. The van der Waals surface area contributed by atoms with Crippen molar-refractivity contribution in [2.24, 2.45) is 5.10 Å². The molecule has 8 nitrogen and oxygen atoms in total. The Morgan fingerprint density at radius 3 is 2.71 bits per heavy atom. The highest BCUT2D eigenvalue weighted by molar-refractivity contribution is 7.71. The van der Waals surface area contributed by atoms with Gasteiger partial charge in [0, 0.05) is 11.0 Å². The van der Waals surface area contributed by atoms with E-state index < -0.39 is 11.0 Å². The number of rotatable bonds is 2. The molecule has 4 rings (SSSR count). The van der Waals surface area contributed by atoms with Crippen LogP contribution in [0.5, 0.6) is 5.75 Å². The van der Waals surface area contributed by atoms with Gasteiger partial charge in [0.15, 0.2) is 0 Å². The Morgan fingerprint density at radius 2 is 1.96 bits per heavy atom. The van der Waals surface area contributed by atoms with Crippen LogP contribution in [0.4, 0.5) is 0 Å². The van der Waals surface area contributed by atoms with Gasteiger partial charge in [0.1, 0.15) is 11.4 Å². The zero-order chi connectivity index (χ0) is 20.1. The van der Waals surface area contributed by atoms with Gasteiger partial charge >= 0.3 is 0 Å². The fraction of sp³-hybridized carbons (Fsp3) is 0.211. The first kappa shape index (κ1) is 18.1. The van der Waals surface area contributed by atoms with Crippen LogP contribution in [-0.4, -0.2) is 35.8 Å². The quantitative estimate of drug-likeness (QED) is 0.402. The predicted molar refractivity (Wildman–Crippen MR) is 110 cm³/mol. The van der Waals surface area contributed by atoms with Crippen LogP contribution >= 0.6 is 12.2 Å². The van der Waals surface area contributed by atoms with E-state index in [1.807, 2.05) is 51.1 Å². The second kappa shape index (κ2) is 6.38. The molecule has 2 aromatic carbocycles. The van der Waals surface area contributed by atoms with Crippen molar-refractivity contribution in [1.82, 2.24) is 24.5 Å². The van der Waals surface area contributed by atoms with Crippen molar-refractivity contribution in [1.29, 1.82) is 0 Å². The van der Waals surface area contributed by atoms with Gasteiger partial charge in [-0.3, -0.25) is 4.79 Å². The summed E-state index contributed by atoms with van der Waals surface area (Å²) in [7, 11) is 0. The second-order valence-electron chi connectivity index (χ2n) is 7.42. The van der Waals surface area contributed by atoms with Crippen LogP contribution in [0.1, 0.15) is 32.0 Å². The Hall–Kier alpha value is -3.33. The number of phenolic OH excluding ortho intramolecular Hbond substituents is 1. The molecular formula is C19H18N6O2S. The largest absolute Gasteiger partial charge is 0.507 e. The zero-order valence-electron chi connectivity index (χ0n) is 15.5. The van der Waals surface area contributed by atoms with Gasteiger partial charge in [-0.1, -0.05) is 51.1 Å². The van der Waals surface area contributed by atoms with Crippen LogP contribution in [-0.2, 0) is 5.41 Å². The van der Waals surface area contributed by atoms with Gasteiger partial charge in [-0.05, 0) is 29.1 Å². The van der Waals surface area contributed by atoms with Crippen molar-refractivity contribution < 1.29 is 5.11 Å². The number of benzene rings is 2. The number of hydrogen-bond donors (Lipinski definition) is 2. The predicted octanol–water partition coefficient (Wildman–Crippen LogP) is 2.99. The maximum absolute atomic E-state index is 13.0. The molecule has 9 heteroatoms. The zero-order valence-corrected chi connectivity index (χ0v) is 16.4. The fourth-order valence-electron chi connectivity index (χ4n) is 2.95. The summed E-state index contributed by atoms with van der Waals surface area (Å²) < 4.78 is 2.77. The number of aromatic hydroxyl groups is 1. The Balaban J connectivity index is 1.99. The summed E-state index contributed by atoms with van der Waals surface area (Å²) in [5.74, 6) is 0.231. The number of phenols is 1. The summed E-state index contributed by atoms with van der Waals surface area (Å²) in [6.07, 6.45) is 1.45. The normalized spacial score (nSPS) is 12.4. The van der Waals surface area contributed by atoms with E-state index in [2.05, 4.69) is 20.4 Å². The minimum atomic E-state index is -0.518. The molecule has 0 spiro atoms. The first-order chi connectivity index (χ1) is 13.3. The van der Waals surface area contributed by atoms with Gasteiger partial charge in [0.2, 0.25) is 4.77 Å². The summed E-state index contributed by atoms with van der Waals surface area (Å²) in [6, 6.07) is 11.0. The van der Waals surface area contributed by atoms with Gasteiger partial charge < -0.3 is 5.11 Å². The molecule has 2 aromatic heterocycles. The Morgan fingerprint density at radius 1 is 1.21 bits per heavy atom. The van der Waals surface area contributed by atoms with Crippen molar-refractivity contribution in [2.45, 2.75) is 26.2 Å². The molecule has 0 aliphatic heterocycles. The summed E-state index contributed by atoms with van der Waals surface area (Å²) in [5, 5.41) is 27.5. The number of aromatic amines is 1. The lowest BCUT2D eigenvalue weighted by Crippen LogP contribution is -2.33. The van der Waals surface area contributed by atoms with Crippen molar-refractivity contribution in [2.75, 3.05) is 0 Å². The average Bonchev–Trinajstić information content (AvgIpc) is 3.01. The summed E-state index contributed by atoms with van der Waals surface area (Å²) in [5.41, 5.74) is -0.107. The SMILES string of the molecule is CC(C)(C)c1nn2c(=S)[nH]nc2n(/N=C/c2c(O)ccc3ccccc23)c1=O. The first-order valence-corrected chi connectivity index (χ1v) is 9.04. The lowest BCUT2D eigenvalue weighted by Gasteiger charge is -2.17. The number of H-pyrrole nitrogens is 1. The lowest BCUT2D eigenvalue weighted by atomic mass is 9.93. The molecule has 0 fully saturated rings. The molecule has 0 bridgehead atoms. The van der Waals surface area contributed by atoms with E-state index in [-0.39, 0.29) is 16.3 Å².